The molecule has 1 aliphatic rings. The second-order valence-corrected chi connectivity index (χ2v) is 4.35. The van der Waals surface area contributed by atoms with Gasteiger partial charge in [0.15, 0.2) is 0 Å². The molecule has 1 saturated heterocycles. The number of hydrogen-bond acceptors (Lipinski definition) is 5. The minimum atomic E-state index is -0.365. The predicted octanol–water partition coefficient (Wildman–Crippen LogP) is 1.28. The summed E-state index contributed by atoms with van der Waals surface area (Å²) in [6.07, 6.45) is 0. The minimum Gasteiger partial charge on any atom is -0.465 e. The van der Waals surface area contributed by atoms with E-state index in [1.165, 1.54) is 7.11 Å². The zero-order valence-electron chi connectivity index (χ0n) is 10.7. The average Bonchev–Trinajstić information content (AvgIpc) is 2.39. The predicted molar refractivity (Wildman–Crippen MR) is 69.8 cm³/mol. The van der Waals surface area contributed by atoms with E-state index in [1.54, 1.807) is 18.2 Å². The van der Waals surface area contributed by atoms with Gasteiger partial charge in [-0.05, 0) is 19.1 Å². The molecular weight excluding hydrogens is 232 g/mol. The summed E-state index contributed by atoms with van der Waals surface area (Å²) in [6, 6.07) is 5.48. The van der Waals surface area contributed by atoms with Crippen LogP contribution < -0.4 is 10.6 Å². The summed E-state index contributed by atoms with van der Waals surface area (Å²) < 4.78 is 10.2. The SMILES string of the molecule is COC(=O)c1cccc(N)c1N1CCOCC1C. The molecule has 0 spiro atoms. The van der Waals surface area contributed by atoms with Gasteiger partial charge in [-0.3, -0.25) is 0 Å². The van der Waals surface area contributed by atoms with Crippen molar-refractivity contribution in [1.82, 2.24) is 0 Å². The lowest BCUT2D eigenvalue weighted by Crippen LogP contribution is -2.44. The van der Waals surface area contributed by atoms with Gasteiger partial charge in [-0.1, -0.05) is 6.07 Å². The first kappa shape index (κ1) is 12.7. The van der Waals surface area contributed by atoms with Gasteiger partial charge in [-0.25, -0.2) is 4.79 Å². The molecule has 2 N–H and O–H groups in total. The third kappa shape index (κ3) is 2.26. The lowest BCUT2D eigenvalue weighted by Gasteiger charge is -2.36. The maximum Gasteiger partial charge on any atom is 0.340 e. The Bertz CT molecular complexity index is 448. The van der Waals surface area contributed by atoms with Crippen molar-refractivity contribution in [1.29, 1.82) is 0 Å². The van der Waals surface area contributed by atoms with Gasteiger partial charge in [0.2, 0.25) is 0 Å². The monoisotopic (exact) mass is 250 g/mol. The van der Waals surface area contributed by atoms with Gasteiger partial charge in [-0.2, -0.15) is 0 Å². The average molecular weight is 250 g/mol. The highest BCUT2D eigenvalue weighted by atomic mass is 16.5. The molecule has 1 unspecified atom stereocenters. The number of nitrogens with two attached hydrogens (primary N) is 1. The second kappa shape index (κ2) is 5.27. The zero-order valence-corrected chi connectivity index (χ0v) is 10.7. The lowest BCUT2D eigenvalue weighted by atomic mass is 10.1. The number of morpholine rings is 1. The van der Waals surface area contributed by atoms with E-state index in [2.05, 4.69) is 4.90 Å². The van der Waals surface area contributed by atoms with Crippen LogP contribution in [-0.4, -0.2) is 38.9 Å². The molecule has 5 nitrogen and oxygen atoms in total. The summed E-state index contributed by atoms with van der Waals surface area (Å²) >= 11 is 0. The van der Waals surface area contributed by atoms with Crippen LogP contribution >= 0.6 is 0 Å². The van der Waals surface area contributed by atoms with Crippen LogP contribution in [0, 0.1) is 0 Å². The van der Waals surface area contributed by atoms with Crippen LogP contribution in [0.4, 0.5) is 11.4 Å². The smallest absolute Gasteiger partial charge is 0.340 e. The first-order valence-electron chi connectivity index (χ1n) is 5.96. The van der Waals surface area contributed by atoms with Gasteiger partial charge in [0.25, 0.3) is 0 Å². The highest BCUT2D eigenvalue weighted by molar-refractivity contribution is 5.99. The Hall–Kier alpha value is -1.75. The molecule has 0 radical (unpaired) electrons. The topological polar surface area (TPSA) is 64.8 Å². The number of nitrogens with zero attached hydrogens (tertiary/aromatic N) is 1. The number of rotatable bonds is 2. The van der Waals surface area contributed by atoms with E-state index in [4.69, 9.17) is 15.2 Å². The second-order valence-electron chi connectivity index (χ2n) is 4.35. The highest BCUT2D eigenvalue weighted by Gasteiger charge is 2.25. The molecule has 2 rings (SSSR count). The van der Waals surface area contributed by atoms with Crippen LogP contribution in [0.2, 0.25) is 0 Å². The number of methoxy groups -OCH3 is 1. The molecular formula is C13H18N2O3. The molecule has 98 valence electrons. The molecule has 1 aliphatic heterocycles. The molecule has 1 atom stereocenters. The Labute approximate surface area is 106 Å². The molecule has 0 aliphatic carbocycles. The van der Waals surface area contributed by atoms with Crippen LogP contribution in [0.1, 0.15) is 17.3 Å². The largest absolute Gasteiger partial charge is 0.465 e. The molecule has 18 heavy (non-hydrogen) atoms. The number of carbonyl (C=O) groups excluding carboxylic acids is 1. The number of hydrogen-bond donors (Lipinski definition) is 1. The van der Waals surface area contributed by atoms with Gasteiger partial charge in [-0.15, -0.1) is 0 Å². The standard InChI is InChI=1S/C13H18N2O3/c1-9-8-18-7-6-15(9)12-10(13(16)17-2)4-3-5-11(12)14/h3-5,9H,6-8,14H2,1-2H3. The van der Waals surface area contributed by atoms with Gasteiger partial charge in [0.05, 0.1) is 37.3 Å². The number of nitrogen functional groups attached to an aromatic ring is 1. The van der Waals surface area contributed by atoms with E-state index in [0.717, 1.165) is 12.2 Å². The quantitative estimate of drug-likeness (QED) is 0.632. The van der Waals surface area contributed by atoms with Crippen molar-refractivity contribution in [2.45, 2.75) is 13.0 Å². The van der Waals surface area contributed by atoms with E-state index in [-0.39, 0.29) is 12.0 Å². The number of anilines is 2. The van der Waals surface area contributed by atoms with Gasteiger partial charge in [0, 0.05) is 12.6 Å². The third-order valence-corrected chi connectivity index (χ3v) is 3.13. The summed E-state index contributed by atoms with van der Waals surface area (Å²) in [5, 5.41) is 0. The number of esters is 1. The normalized spacial score (nSPS) is 19.7. The molecule has 1 heterocycles. The molecule has 1 aromatic rings. The van der Waals surface area contributed by atoms with Crippen molar-refractivity contribution >= 4 is 17.3 Å². The van der Waals surface area contributed by atoms with Crippen LogP contribution in [0.15, 0.2) is 18.2 Å². The Kier molecular flexibility index (Phi) is 3.72. The highest BCUT2D eigenvalue weighted by Crippen LogP contribution is 2.31. The van der Waals surface area contributed by atoms with Crippen molar-refractivity contribution < 1.29 is 14.3 Å². The number of ether oxygens (including phenoxy) is 2. The van der Waals surface area contributed by atoms with E-state index in [1.807, 2.05) is 6.92 Å². The van der Waals surface area contributed by atoms with Crippen LogP contribution in [0.25, 0.3) is 0 Å². The summed E-state index contributed by atoms with van der Waals surface area (Å²) in [4.78, 5) is 13.9. The van der Waals surface area contributed by atoms with Gasteiger partial charge < -0.3 is 20.1 Å². The van der Waals surface area contributed by atoms with Crippen LogP contribution in [-0.2, 0) is 9.47 Å². The summed E-state index contributed by atoms with van der Waals surface area (Å²) in [6.45, 7) is 4.04. The minimum absolute atomic E-state index is 0.187. The van der Waals surface area contributed by atoms with E-state index < -0.39 is 0 Å². The molecule has 0 amide bonds. The fourth-order valence-electron chi connectivity index (χ4n) is 2.22. The Balaban J connectivity index is 2.44. The Morgan fingerprint density at radius 3 is 3.00 bits per heavy atom. The maximum absolute atomic E-state index is 11.8. The lowest BCUT2D eigenvalue weighted by molar-refractivity contribution is 0.0599. The van der Waals surface area contributed by atoms with Crippen molar-refractivity contribution in [3.63, 3.8) is 0 Å². The number of carbonyl (C=O) groups is 1. The molecule has 1 aromatic carbocycles. The molecule has 0 saturated carbocycles. The fourth-order valence-corrected chi connectivity index (χ4v) is 2.22. The van der Waals surface area contributed by atoms with E-state index in [9.17, 15) is 4.79 Å². The first-order valence-corrected chi connectivity index (χ1v) is 5.96. The molecule has 0 bridgehead atoms. The van der Waals surface area contributed by atoms with Crippen molar-refractivity contribution in [3.8, 4) is 0 Å². The van der Waals surface area contributed by atoms with Crippen LogP contribution in [0.5, 0.6) is 0 Å². The number of benzene rings is 1. The van der Waals surface area contributed by atoms with Crippen molar-refractivity contribution in [3.05, 3.63) is 23.8 Å². The zero-order chi connectivity index (χ0) is 13.1. The summed E-state index contributed by atoms with van der Waals surface area (Å²) in [7, 11) is 1.37. The molecule has 5 heteroatoms. The number of para-hydroxylation sites is 1. The maximum atomic E-state index is 11.8. The molecule has 1 fully saturated rings. The summed E-state index contributed by atoms with van der Waals surface area (Å²) in [5.74, 6) is -0.365. The van der Waals surface area contributed by atoms with E-state index >= 15 is 0 Å². The first-order chi connectivity index (χ1) is 8.65. The van der Waals surface area contributed by atoms with E-state index in [0.29, 0.717) is 24.5 Å². The van der Waals surface area contributed by atoms with Crippen LogP contribution in [0.3, 0.4) is 0 Å². The Morgan fingerprint density at radius 2 is 2.33 bits per heavy atom. The van der Waals surface area contributed by atoms with Crippen molar-refractivity contribution in [2.24, 2.45) is 0 Å². The summed E-state index contributed by atoms with van der Waals surface area (Å²) in [5.41, 5.74) is 7.86. The van der Waals surface area contributed by atoms with Gasteiger partial charge >= 0.3 is 5.97 Å². The Morgan fingerprint density at radius 1 is 1.56 bits per heavy atom. The molecule has 0 aromatic heterocycles. The fraction of sp³-hybridized carbons (Fsp3) is 0.462. The van der Waals surface area contributed by atoms with Gasteiger partial charge in [0.1, 0.15) is 0 Å². The van der Waals surface area contributed by atoms with Crippen molar-refractivity contribution in [2.75, 3.05) is 37.5 Å². The third-order valence-electron chi connectivity index (χ3n) is 3.13.